The Morgan fingerprint density at radius 2 is 2.05 bits per heavy atom. The SMILES string of the molecule is CC(O)CNCc1c(OCC(=O)O)ccc2ccccc12. The van der Waals surface area contributed by atoms with Gasteiger partial charge < -0.3 is 20.3 Å². The quantitative estimate of drug-likeness (QED) is 0.724. The molecule has 0 fully saturated rings. The third kappa shape index (κ3) is 4.18. The second-order valence-electron chi connectivity index (χ2n) is 4.93. The van der Waals surface area contributed by atoms with Crippen molar-refractivity contribution in [1.82, 2.24) is 5.32 Å². The first-order chi connectivity index (χ1) is 10.1. The van der Waals surface area contributed by atoms with Gasteiger partial charge in [-0.25, -0.2) is 4.79 Å². The Balaban J connectivity index is 2.30. The average molecular weight is 289 g/mol. The summed E-state index contributed by atoms with van der Waals surface area (Å²) < 4.78 is 5.36. The molecule has 0 saturated heterocycles. The molecule has 0 spiro atoms. The van der Waals surface area contributed by atoms with Gasteiger partial charge in [-0.2, -0.15) is 0 Å². The van der Waals surface area contributed by atoms with E-state index < -0.39 is 12.1 Å². The Morgan fingerprint density at radius 3 is 2.76 bits per heavy atom. The molecule has 1 atom stereocenters. The molecule has 5 nitrogen and oxygen atoms in total. The number of carboxylic acid groups (broad SMARTS) is 1. The number of hydrogen-bond acceptors (Lipinski definition) is 4. The fourth-order valence-electron chi connectivity index (χ4n) is 2.18. The summed E-state index contributed by atoms with van der Waals surface area (Å²) >= 11 is 0. The van der Waals surface area contributed by atoms with E-state index in [1.165, 1.54) is 0 Å². The minimum atomic E-state index is -1.01. The summed E-state index contributed by atoms with van der Waals surface area (Å²) in [4.78, 5) is 10.7. The molecule has 0 saturated carbocycles. The van der Waals surface area contributed by atoms with Crippen molar-refractivity contribution in [3.63, 3.8) is 0 Å². The number of rotatable bonds is 7. The highest BCUT2D eigenvalue weighted by molar-refractivity contribution is 5.87. The number of benzene rings is 2. The number of aliphatic carboxylic acids is 1. The van der Waals surface area contributed by atoms with Crippen molar-refractivity contribution in [2.75, 3.05) is 13.2 Å². The predicted octanol–water partition coefficient (Wildman–Crippen LogP) is 1.77. The van der Waals surface area contributed by atoms with Crippen molar-refractivity contribution in [3.8, 4) is 5.75 Å². The largest absolute Gasteiger partial charge is 0.482 e. The van der Waals surface area contributed by atoms with Gasteiger partial charge in [-0.1, -0.05) is 30.3 Å². The second-order valence-corrected chi connectivity index (χ2v) is 4.93. The van der Waals surface area contributed by atoms with Crippen LogP contribution in [0.4, 0.5) is 0 Å². The van der Waals surface area contributed by atoms with E-state index in [0.29, 0.717) is 18.8 Å². The van der Waals surface area contributed by atoms with Gasteiger partial charge in [0.2, 0.25) is 0 Å². The second kappa shape index (κ2) is 7.06. The Kier molecular flexibility index (Phi) is 5.14. The number of ether oxygens (including phenoxy) is 1. The van der Waals surface area contributed by atoms with E-state index in [2.05, 4.69) is 5.32 Å². The molecule has 3 N–H and O–H groups in total. The van der Waals surface area contributed by atoms with Crippen molar-refractivity contribution in [2.24, 2.45) is 0 Å². The molecule has 1 unspecified atom stereocenters. The lowest BCUT2D eigenvalue weighted by molar-refractivity contribution is -0.139. The van der Waals surface area contributed by atoms with Gasteiger partial charge in [0, 0.05) is 18.7 Å². The van der Waals surface area contributed by atoms with Crippen LogP contribution in [0.3, 0.4) is 0 Å². The highest BCUT2D eigenvalue weighted by Gasteiger charge is 2.10. The third-order valence-electron chi connectivity index (χ3n) is 3.09. The Bertz CT molecular complexity index is 625. The number of fused-ring (bicyclic) bond motifs is 1. The van der Waals surface area contributed by atoms with Crippen molar-refractivity contribution in [1.29, 1.82) is 0 Å². The van der Waals surface area contributed by atoms with E-state index in [9.17, 15) is 9.90 Å². The normalized spacial score (nSPS) is 12.3. The molecule has 2 aromatic carbocycles. The Morgan fingerprint density at radius 1 is 1.29 bits per heavy atom. The van der Waals surface area contributed by atoms with Gasteiger partial charge in [-0.3, -0.25) is 0 Å². The number of aliphatic hydroxyl groups is 1. The molecule has 0 bridgehead atoms. The van der Waals surface area contributed by atoms with Crippen LogP contribution in [0.25, 0.3) is 10.8 Å². The molecule has 0 aliphatic rings. The van der Waals surface area contributed by atoms with E-state index >= 15 is 0 Å². The van der Waals surface area contributed by atoms with Crippen LogP contribution in [-0.2, 0) is 11.3 Å². The van der Waals surface area contributed by atoms with E-state index in [1.807, 2.05) is 30.3 Å². The molecule has 0 heterocycles. The zero-order chi connectivity index (χ0) is 15.2. The van der Waals surface area contributed by atoms with Gasteiger partial charge in [0.1, 0.15) is 5.75 Å². The number of aliphatic hydroxyl groups excluding tert-OH is 1. The molecule has 2 rings (SSSR count). The average Bonchev–Trinajstić information content (AvgIpc) is 2.45. The monoisotopic (exact) mass is 289 g/mol. The van der Waals surface area contributed by atoms with E-state index in [-0.39, 0.29) is 6.61 Å². The molecule has 0 aliphatic carbocycles. The molecular formula is C16H19NO4. The summed E-state index contributed by atoms with van der Waals surface area (Å²) in [5.41, 5.74) is 0.898. The third-order valence-corrected chi connectivity index (χ3v) is 3.09. The van der Waals surface area contributed by atoms with Gasteiger partial charge >= 0.3 is 5.97 Å². The number of carboxylic acids is 1. The van der Waals surface area contributed by atoms with Crippen molar-refractivity contribution < 1.29 is 19.7 Å². The summed E-state index contributed by atoms with van der Waals surface area (Å²) in [6.45, 7) is 2.29. The van der Waals surface area contributed by atoms with Crippen LogP contribution >= 0.6 is 0 Å². The molecule has 2 aromatic rings. The number of carbonyl (C=O) groups is 1. The number of hydrogen-bond donors (Lipinski definition) is 3. The maximum Gasteiger partial charge on any atom is 0.341 e. The standard InChI is InChI=1S/C16H19NO4/c1-11(18)8-17-9-14-13-5-3-2-4-12(13)6-7-15(14)21-10-16(19)20/h2-7,11,17-18H,8-10H2,1H3,(H,19,20). The Hall–Kier alpha value is -2.11. The van der Waals surface area contributed by atoms with Gasteiger partial charge in [0.25, 0.3) is 0 Å². The molecule has 5 heteroatoms. The number of nitrogens with one attached hydrogen (secondary N) is 1. The summed E-state index contributed by atoms with van der Waals surface area (Å²) in [6, 6.07) is 11.5. The lowest BCUT2D eigenvalue weighted by Crippen LogP contribution is -2.24. The summed E-state index contributed by atoms with van der Waals surface area (Å²) in [5.74, 6) is -0.458. The van der Waals surface area contributed by atoms with Gasteiger partial charge in [-0.05, 0) is 23.8 Å². The van der Waals surface area contributed by atoms with E-state index in [4.69, 9.17) is 9.84 Å². The summed E-state index contributed by atoms with van der Waals surface area (Å²) in [6.07, 6.45) is -0.441. The predicted molar refractivity (Wildman–Crippen MR) is 80.5 cm³/mol. The van der Waals surface area contributed by atoms with Crippen LogP contribution in [0.5, 0.6) is 5.75 Å². The lowest BCUT2D eigenvalue weighted by atomic mass is 10.0. The van der Waals surface area contributed by atoms with E-state index in [0.717, 1.165) is 16.3 Å². The van der Waals surface area contributed by atoms with Crippen LogP contribution in [0.15, 0.2) is 36.4 Å². The van der Waals surface area contributed by atoms with Crippen LogP contribution < -0.4 is 10.1 Å². The zero-order valence-electron chi connectivity index (χ0n) is 11.9. The molecule has 0 radical (unpaired) electrons. The topological polar surface area (TPSA) is 78.8 Å². The maximum absolute atomic E-state index is 10.7. The maximum atomic E-state index is 10.7. The Labute approximate surface area is 123 Å². The first kappa shape index (κ1) is 15.3. The minimum absolute atomic E-state index is 0.373. The molecule has 0 amide bonds. The summed E-state index contributed by atoms with van der Waals surface area (Å²) in [7, 11) is 0. The molecular weight excluding hydrogens is 270 g/mol. The van der Waals surface area contributed by atoms with Crippen molar-refractivity contribution in [3.05, 3.63) is 42.0 Å². The van der Waals surface area contributed by atoms with Crippen LogP contribution in [0.2, 0.25) is 0 Å². The van der Waals surface area contributed by atoms with Gasteiger partial charge in [0.15, 0.2) is 6.61 Å². The minimum Gasteiger partial charge on any atom is -0.482 e. The van der Waals surface area contributed by atoms with E-state index in [1.54, 1.807) is 13.0 Å². The fourth-order valence-corrected chi connectivity index (χ4v) is 2.18. The first-order valence-corrected chi connectivity index (χ1v) is 6.82. The van der Waals surface area contributed by atoms with Crippen LogP contribution in [0.1, 0.15) is 12.5 Å². The van der Waals surface area contributed by atoms with Crippen molar-refractivity contribution >= 4 is 16.7 Å². The summed E-state index contributed by atoms with van der Waals surface area (Å²) in [5, 5.41) is 23.3. The lowest BCUT2D eigenvalue weighted by Gasteiger charge is -2.14. The smallest absolute Gasteiger partial charge is 0.341 e. The van der Waals surface area contributed by atoms with Gasteiger partial charge in [0.05, 0.1) is 6.10 Å². The molecule has 0 aromatic heterocycles. The van der Waals surface area contributed by atoms with Crippen LogP contribution in [-0.4, -0.2) is 35.4 Å². The first-order valence-electron chi connectivity index (χ1n) is 6.82. The van der Waals surface area contributed by atoms with Crippen molar-refractivity contribution in [2.45, 2.75) is 19.6 Å². The highest BCUT2D eigenvalue weighted by Crippen LogP contribution is 2.28. The fraction of sp³-hybridized carbons (Fsp3) is 0.312. The highest BCUT2D eigenvalue weighted by atomic mass is 16.5. The zero-order valence-corrected chi connectivity index (χ0v) is 11.9. The van der Waals surface area contributed by atoms with Gasteiger partial charge in [-0.15, -0.1) is 0 Å². The van der Waals surface area contributed by atoms with Crippen LogP contribution in [0, 0.1) is 0 Å². The molecule has 112 valence electrons. The molecule has 0 aliphatic heterocycles. The molecule has 21 heavy (non-hydrogen) atoms.